The average molecular weight is 362 g/mol. The Kier molecular flexibility index (Phi) is 5.39. The van der Waals surface area contributed by atoms with E-state index in [9.17, 15) is 12.8 Å². The summed E-state index contributed by atoms with van der Waals surface area (Å²) in [6.45, 7) is 1.92. The van der Waals surface area contributed by atoms with Gasteiger partial charge in [0.1, 0.15) is 5.82 Å². The third-order valence-electron chi connectivity index (χ3n) is 4.60. The summed E-state index contributed by atoms with van der Waals surface area (Å²) in [6, 6.07) is 12.8. The summed E-state index contributed by atoms with van der Waals surface area (Å²) < 4.78 is 41.2. The fourth-order valence-electron chi connectivity index (χ4n) is 3.19. The van der Waals surface area contributed by atoms with Crippen LogP contribution in [-0.2, 0) is 10.0 Å². The molecule has 3 rings (SSSR count). The highest BCUT2D eigenvalue weighted by atomic mass is 32.2. The number of halogens is 1. The van der Waals surface area contributed by atoms with Crippen molar-refractivity contribution in [3.05, 3.63) is 59.9 Å². The number of hydrogen-bond acceptors (Lipinski definition) is 3. The van der Waals surface area contributed by atoms with Crippen molar-refractivity contribution in [3.63, 3.8) is 0 Å². The Hall–Kier alpha value is -1.92. The van der Waals surface area contributed by atoms with Crippen LogP contribution in [0.2, 0.25) is 0 Å². The second-order valence-electron chi connectivity index (χ2n) is 6.58. The maximum absolute atomic E-state index is 13.1. The van der Waals surface area contributed by atoms with Gasteiger partial charge in [-0.2, -0.15) is 0 Å². The predicted molar refractivity (Wildman–Crippen MR) is 97.6 cm³/mol. The van der Waals surface area contributed by atoms with E-state index in [1.807, 2.05) is 6.92 Å². The maximum Gasteiger partial charge on any atom is 0.240 e. The fraction of sp³-hybridized carbons (Fsp3) is 0.368. The monoisotopic (exact) mass is 362 g/mol. The highest BCUT2D eigenvalue weighted by Gasteiger charge is 2.29. The fourth-order valence-corrected chi connectivity index (χ4v) is 4.50. The molecule has 1 saturated carbocycles. The topological polar surface area (TPSA) is 58.2 Å². The zero-order valence-electron chi connectivity index (χ0n) is 14.2. The average Bonchev–Trinajstić information content (AvgIpc) is 2.59. The smallest absolute Gasteiger partial charge is 0.240 e. The SMILES string of the molecule is Cc1ccc(S(=O)(=O)NC2CCCCC2Nc2ccc(F)cc2)cc1. The van der Waals surface area contributed by atoms with Crippen LogP contribution in [0, 0.1) is 12.7 Å². The highest BCUT2D eigenvalue weighted by Crippen LogP contribution is 2.24. The van der Waals surface area contributed by atoms with E-state index in [0.29, 0.717) is 0 Å². The molecular formula is C19H23FN2O2S. The van der Waals surface area contributed by atoms with Gasteiger partial charge < -0.3 is 5.32 Å². The molecule has 0 bridgehead atoms. The largest absolute Gasteiger partial charge is 0.381 e. The second kappa shape index (κ2) is 7.54. The molecule has 0 spiro atoms. The summed E-state index contributed by atoms with van der Waals surface area (Å²) in [5.74, 6) is -0.286. The minimum absolute atomic E-state index is 0.0144. The number of hydrogen-bond donors (Lipinski definition) is 2. The molecule has 0 saturated heterocycles. The van der Waals surface area contributed by atoms with Crippen LogP contribution in [-0.4, -0.2) is 20.5 Å². The standard InChI is InChI=1S/C19H23FN2O2S/c1-14-6-12-17(13-7-14)25(23,24)22-19-5-3-2-4-18(19)21-16-10-8-15(20)9-11-16/h6-13,18-19,21-22H,2-5H2,1H3. The van der Waals surface area contributed by atoms with Crippen molar-refractivity contribution < 1.29 is 12.8 Å². The molecule has 2 aromatic rings. The molecule has 2 unspecified atom stereocenters. The summed E-state index contributed by atoms with van der Waals surface area (Å²) in [4.78, 5) is 0.282. The van der Waals surface area contributed by atoms with Crippen LogP contribution in [0.5, 0.6) is 0 Å². The lowest BCUT2D eigenvalue weighted by Crippen LogP contribution is -2.48. The minimum atomic E-state index is -3.56. The van der Waals surface area contributed by atoms with Crippen LogP contribution in [0.15, 0.2) is 53.4 Å². The molecule has 1 fully saturated rings. The van der Waals surface area contributed by atoms with Crippen LogP contribution >= 0.6 is 0 Å². The molecular weight excluding hydrogens is 339 g/mol. The van der Waals surface area contributed by atoms with Crippen molar-refractivity contribution in [2.75, 3.05) is 5.32 Å². The van der Waals surface area contributed by atoms with Gasteiger partial charge in [0, 0.05) is 17.8 Å². The van der Waals surface area contributed by atoms with E-state index in [0.717, 1.165) is 36.9 Å². The Morgan fingerprint density at radius 3 is 2.16 bits per heavy atom. The number of nitrogens with one attached hydrogen (secondary N) is 2. The number of sulfonamides is 1. The lowest BCUT2D eigenvalue weighted by atomic mass is 9.91. The van der Waals surface area contributed by atoms with Crippen LogP contribution < -0.4 is 10.0 Å². The summed E-state index contributed by atoms with van der Waals surface area (Å²) in [5, 5.41) is 3.35. The first-order valence-electron chi connectivity index (χ1n) is 8.55. The molecule has 2 aromatic carbocycles. The van der Waals surface area contributed by atoms with E-state index in [-0.39, 0.29) is 22.8 Å². The van der Waals surface area contributed by atoms with Gasteiger partial charge in [-0.15, -0.1) is 0 Å². The van der Waals surface area contributed by atoms with E-state index in [2.05, 4.69) is 10.0 Å². The molecule has 25 heavy (non-hydrogen) atoms. The van der Waals surface area contributed by atoms with Crippen LogP contribution in [0.4, 0.5) is 10.1 Å². The van der Waals surface area contributed by atoms with Gasteiger partial charge in [0.2, 0.25) is 10.0 Å². The maximum atomic E-state index is 13.1. The lowest BCUT2D eigenvalue weighted by molar-refractivity contribution is 0.378. The first kappa shape index (κ1) is 17.9. The summed E-state index contributed by atoms with van der Waals surface area (Å²) in [5.41, 5.74) is 1.82. The minimum Gasteiger partial charge on any atom is -0.381 e. The quantitative estimate of drug-likeness (QED) is 0.850. The Labute approximate surface area is 148 Å². The molecule has 0 radical (unpaired) electrons. The number of rotatable bonds is 5. The molecule has 1 aliphatic rings. The van der Waals surface area contributed by atoms with Crippen molar-refractivity contribution in [2.24, 2.45) is 0 Å². The number of benzene rings is 2. The predicted octanol–water partition coefficient (Wildman–Crippen LogP) is 3.84. The van der Waals surface area contributed by atoms with Gasteiger partial charge in [0.05, 0.1) is 4.90 Å². The first-order chi connectivity index (χ1) is 11.9. The Morgan fingerprint density at radius 1 is 0.920 bits per heavy atom. The van der Waals surface area contributed by atoms with Crippen LogP contribution in [0.3, 0.4) is 0 Å². The molecule has 2 N–H and O–H groups in total. The van der Waals surface area contributed by atoms with Crippen molar-refractivity contribution in [2.45, 2.75) is 49.6 Å². The van der Waals surface area contributed by atoms with Gasteiger partial charge in [-0.25, -0.2) is 17.5 Å². The van der Waals surface area contributed by atoms with E-state index < -0.39 is 10.0 Å². The Morgan fingerprint density at radius 2 is 1.52 bits per heavy atom. The van der Waals surface area contributed by atoms with E-state index in [1.54, 1.807) is 36.4 Å². The molecule has 4 nitrogen and oxygen atoms in total. The third-order valence-corrected chi connectivity index (χ3v) is 6.11. The number of aryl methyl sites for hydroxylation is 1. The lowest BCUT2D eigenvalue weighted by Gasteiger charge is -2.33. The highest BCUT2D eigenvalue weighted by molar-refractivity contribution is 7.89. The van der Waals surface area contributed by atoms with Gasteiger partial charge in [0.25, 0.3) is 0 Å². The van der Waals surface area contributed by atoms with Gasteiger partial charge in [-0.3, -0.25) is 0 Å². The van der Waals surface area contributed by atoms with Crippen molar-refractivity contribution in [3.8, 4) is 0 Å². The van der Waals surface area contributed by atoms with Crippen molar-refractivity contribution in [1.29, 1.82) is 0 Å². The van der Waals surface area contributed by atoms with Crippen LogP contribution in [0.25, 0.3) is 0 Å². The molecule has 0 heterocycles. The molecule has 2 atom stereocenters. The van der Waals surface area contributed by atoms with E-state index in [1.165, 1.54) is 12.1 Å². The van der Waals surface area contributed by atoms with Crippen molar-refractivity contribution in [1.82, 2.24) is 4.72 Å². The van der Waals surface area contributed by atoms with Crippen molar-refractivity contribution >= 4 is 15.7 Å². The molecule has 1 aliphatic carbocycles. The van der Waals surface area contributed by atoms with Gasteiger partial charge >= 0.3 is 0 Å². The molecule has 0 amide bonds. The van der Waals surface area contributed by atoms with E-state index in [4.69, 9.17) is 0 Å². The Balaban J connectivity index is 1.74. The Bertz CT molecular complexity index is 804. The second-order valence-corrected chi connectivity index (χ2v) is 8.30. The van der Waals surface area contributed by atoms with Gasteiger partial charge in [-0.05, 0) is 56.2 Å². The molecule has 0 aromatic heterocycles. The molecule has 0 aliphatic heterocycles. The van der Waals surface area contributed by atoms with Gasteiger partial charge in [-0.1, -0.05) is 30.5 Å². The molecule has 134 valence electrons. The first-order valence-corrected chi connectivity index (χ1v) is 10.0. The number of anilines is 1. The summed E-state index contributed by atoms with van der Waals surface area (Å²) in [7, 11) is -3.56. The summed E-state index contributed by atoms with van der Waals surface area (Å²) >= 11 is 0. The normalized spacial score (nSPS) is 21.0. The summed E-state index contributed by atoms with van der Waals surface area (Å²) in [6.07, 6.45) is 3.69. The molecule has 6 heteroatoms. The van der Waals surface area contributed by atoms with Crippen LogP contribution in [0.1, 0.15) is 31.2 Å². The zero-order chi connectivity index (χ0) is 17.9. The van der Waals surface area contributed by atoms with E-state index >= 15 is 0 Å². The third kappa shape index (κ3) is 4.58. The zero-order valence-corrected chi connectivity index (χ0v) is 15.0. The van der Waals surface area contributed by atoms with Gasteiger partial charge in [0.15, 0.2) is 0 Å².